The number of nitrogens with two attached hydrogens (primary N) is 1. The van der Waals surface area contributed by atoms with Crippen molar-refractivity contribution in [3.05, 3.63) is 59.7 Å². The molecule has 0 heterocycles. The highest BCUT2D eigenvalue weighted by atomic mass is 16.1. The minimum absolute atomic E-state index is 0.591. The highest BCUT2D eigenvalue weighted by molar-refractivity contribution is 5.91. The zero-order chi connectivity index (χ0) is 13.9. The molecule has 1 aliphatic carbocycles. The largest absolute Gasteiger partial charge is 0.397 e. The molecule has 3 nitrogen and oxygen atoms in total. The highest BCUT2D eigenvalue weighted by Gasteiger charge is 2.13. The van der Waals surface area contributed by atoms with Crippen molar-refractivity contribution >= 4 is 29.5 Å². The van der Waals surface area contributed by atoms with E-state index >= 15 is 0 Å². The molecule has 0 saturated heterocycles. The standard InChI is InChI=1S/C17H16N2O/c18-16-7-3-4-8-17(16)19(12-20)15-10-9-13-5-1-2-6-14(13)11-15/h2-4,6-12H,1,5,18H2. The predicted octanol–water partition coefficient (Wildman–Crippen LogP) is 3.52. The summed E-state index contributed by atoms with van der Waals surface area (Å²) in [5.41, 5.74) is 10.6. The summed E-state index contributed by atoms with van der Waals surface area (Å²) in [5.74, 6) is 0. The van der Waals surface area contributed by atoms with Crippen LogP contribution in [0.3, 0.4) is 0 Å². The van der Waals surface area contributed by atoms with Gasteiger partial charge in [-0.15, -0.1) is 0 Å². The van der Waals surface area contributed by atoms with Crippen LogP contribution in [0.2, 0.25) is 0 Å². The lowest BCUT2D eigenvalue weighted by Gasteiger charge is -2.21. The summed E-state index contributed by atoms with van der Waals surface area (Å²) >= 11 is 0. The Morgan fingerprint density at radius 1 is 1.15 bits per heavy atom. The molecule has 0 aromatic heterocycles. The number of aryl methyl sites for hydroxylation is 1. The smallest absolute Gasteiger partial charge is 0.218 e. The van der Waals surface area contributed by atoms with Crippen molar-refractivity contribution < 1.29 is 4.79 Å². The summed E-state index contributed by atoms with van der Waals surface area (Å²) in [7, 11) is 0. The molecular formula is C17H16N2O. The number of fused-ring (bicyclic) bond motifs is 1. The molecule has 0 saturated carbocycles. The van der Waals surface area contributed by atoms with Crippen molar-refractivity contribution in [2.24, 2.45) is 0 Å². The molecule has 0 atom stereocenters. The van der Waals surface area contributed by atoms with E-state index in [-0.39, 0.29) is 0 Å². The van der Waals surface area contributed by atoms with Crippen LogP contribution in [0, 0.1) is 0 Å². The van der Waals surface area contributed by atoms with Gasteiger partial charge < -0.3 is 5.73 Å². The van der Waals surface area contributed by atoms with E-state index in [0.717, 1.165) is 24.9 Å². The summed E-state index contributed by atoms with van der Waals surface area (Å²) in [5, 5.41) is 0. The van der Waals surface area contributed by atoms with Crippen LogP contribution in [-0.4, -0.2) is 6.41 Å². The Balaban J connectivity index is 2.05. The van der Waals surface area contributed by atoms with Crippen LogP contribution in [-0.2, 0) is 11.2 Å². The first-order valence-corrected chi connectivity index (χ1v) is 6.68. The van der Waals surface area contributed by atoms with Crippen LogP contribution < -0.4 is 10.6 Å². The third-order valence-corrected chi connectivity index (χ3v) is 3.59. The van der Waals surface area contributed by atoms with Gasteiger partial charge in [-0.25, -0.2) is 0 Å². The van der Waals surface area contributed by atoms with Gasteiger partial charge in [-0.05, 0) is 48.2 Å². The van der Waals surface area contributed by atoms with Crippen LogP contribution >= 0.6 is 0 Å². The molecule has 0 spiro atoms. The van der Waals surface area contributed by atoms with Gasteiger partial charge in [0.05, 0.1) is 11.4 Å². The normalized spacial score (nSPS) is 12.8. The molecular weight excluding hydrogens is 248 g/mol. The van der Waals surface area contributed by atoms with E-state index in [2.05, 4.69) is 18.2 Å². The Labute approximate surface area is 118 Å². The minimum atomic E-state index is 0.591. The van der Waals surface area contributed by atoms with E-state index in [1.807, 2.05) is 30.3 Å². The van der Waals surface area contributed by atoms with Gasteiger partial charge in [0.15, 0.2) is 0 Å². The minimum Gasteiger partial charge on any atom is -0.397 e. The van der Waals surface area contributed by atoms with Crippen LogP contribution in [0.5, 0.6) is 0 Å². The molecule has 2 aromatic carbocycles. The topological polar surface area (TPSA) is 46.3 Å². The van der Waals surface area contributed by atoms with Gasteiger partial charge in [0.25, 0.3) is 0 Å². The molecule has 0 radical (unpaired) electrons. The Bertz CT molecular complexity index is 676. The lowest BCUT2D eigenvalue weighted by Crippen LogP contribution is -2.16. The predicted molar refractivity (Wildman–Crippen MR) is 82.9 cm³/mol. The number of hydrogen-bond donors (Lipinski definition) is 1. The molecule has 3 rings (SSSR count). The van der Waals surface area contributed by atoms with Gasteiger partial charge in [-0.1, -0.05) is 30.4 Å². The number of rotatable bonds is 3. The summed E-state index contributed by atoms with van der Waals surface area (Å²) in [4.78, 5) is 13.1. The summed E-state index contributed by atoms with van der Waals surface area (Å²) in [6.07, 6.45) is 7.21. The second-order valence-corrected chi connectivity index (χ2v) is 4.86. The van der Waals surface area contributed by atoms with Crippen molar-refractivity contribution in [2.75, 3.05) is 10.6 Å². The Morgan fingerprint density at radius 3 is 2.80 bits per heavy atom. The second kappa shape index (κ2) is 5.21. The second-order valence-electron chi connectivity index (χ2n) is 4.86. The summed E-state index contributed by atoms with van der Waals surface area (Å²) < 4.78 is 0. The highest BCUT2D eigenvalue weighted by Crippen LogP contribution is 2.31. The van der Waals surface area contributed by atoms with Crippen molar-refractivity contribution in [1.29, 1.82) is 0 Å². The van der Waals surface area contributed by atoms with Gasteiger partial charge in [-0.3, -0.25) is 9.69 Å². The lowest BCUT2D eigenvalue weighted by atomic mass is 9.97. The average Bonchev–Trinajstić information content (AvgIpc) is 2.50. The van der Waals surface area contributed by atoms with Gasteiger partial charge >= 0.3 is 0 Å². The zero-order valence-electron chi connectivity index (χ0n) is 11.1. The van der Waals surface area contributed by atoms with E-state index in [9.17, 15) is 4.79 Å². The average molecular weight is 264 g/mol. The van der Waals surface area contributed by atoms with Crippen molar-refractivity contribution in [1.82, 2.24) is 0 Å². The van der Waals surface area contributed by atoms with Crippen molar-refractivity contribution in [3.63, 3.8) is 0 Å². The van der Waals surface area contributed by atoms with Gasteiger partial charge in [0.2, 0.25) is 6.41 Å². The number of carbonyl (C=O) groups excluding carboxylic acids is 1. The number of nitrogen functional groups attached to an aromatic ring is 1. The van der Waals surface area contributed by atoms with Gasteiger partial charge in [-0.2, -0.15) is 0 Å². The van der Waals surface area contributed by atoms with Crippen molar-refractivity contribution in [2.45, 2.75) is 12.8 Å². The molecule has 0 bridgehead atoms. The SMILES string of the molecule is Nc1ccccc1N(C=O)c1ccc2c(c1)C=CCC2. The van der Waals surface area contributed by atoms with Gasteiger partial charge in [0.1, 0.15) is 0 Å². The van der Waals surface area contributed by atoms with Crippen LogP contribution in [0.15, 0.2) is 48.5 Å². The molecule has 1 amide bonds. The number of hydrogen-bond acceptors (Lipinski definition) is 2. The Morgan fingerprint density at radius 2 is 2.00 bits per heavy atom. The van der Waals surface area contributed by atoms with E-state index in [4.69, 9.17) is 5.73 Å². The van der Waals surface area contributed by atoms with Gasteiger partial charge in [0, 0.05) is 5.69 Å². The molecule has 0 unspecified atom stereocenters. The fourth-order valence-corrected chi connectivity index (χ4v) is 2.53. The molecule has 1 aliphatic rings. The Hall–Kier alpha value is -2.55. The Kier molecular flexibility index (Phi) is 3.25. The number of carbonyl (C=O) groups is 1. The maximum atomic E-state index is 11.5. The first-order chi connectivity index (χ1) is 9.79. The van der Waals surface area contributed by atoms with Crippen molar-refractivity contribution in [3.8, 4) is 0 Å². The number of nitrogens with zero attached hydrogens (tertiary/aromatic N) is 1. The van der Waals surface area contributed by atoms with Crippen LogP contribution in [0.1, 0.15) is 17.5 Å². The number of allylic oxidation sites excluding steroid dienone is 1. The molecule has 2 N–H and O–H groups in total. The molecule has 0 aliphatic heterocycles. The zero-order valence-corrected chi connectivity index (χ0v) is 11.1. The van der Waals surface area contributed by atoms with Crippen LogP contribution in [0.4, 0.5) is 17.1 Å². The molecule has 20 heavy (non-hydrogen) atoms. The monoisotopic (exact) mass is 264 g/mol. The fraction of sp³-hybridized carbons (Fsp3) is 0.118. The first-order valence-electron chi connectivity index (χ1n) is 6.68. The number of amides is 1. The lowest BCUT2D eigenvalue weighted by molar-refractivity contribution is -0.106. The summed E-state index contributed by atoms with van der Waals surface area (Å²) in [6, 6.07) is 13.5. The summed E-state index contributed by atoms with van der Waals surface area (Å²) in [6.45, 7) is 0. The molecule has 0 fully saturated rings. The third-order valence-electron chi connectivity index (χ3n) is 3.59. The van der Waals surface area contributed by atoms with E-state index in [0.29, 0.717) is 11.4 Å². The molecule has 2 aromatic rings. The first kappa shape index (κ1) is 12.5. The number of benzene rings is 2. The molecule has 3 heteroatoms. The van der Waals surface area contributed by atoms with E-state index in [1.165, 1.54) is 11.1 Å². The maximum Gasteiger partial charge on any atom is 0.218 e. The number of para-hydroxylation sites is 2. The van der Waals surface area contributed by atoms with E-state index < -0.39 is 0 Å². The fourth-order valence-electron chi connectivity index (χ4n) is 2.53. The van der Waals surface area contributed by atoms with E-state index in [1.54, 1.807) is 11.0 Å². The number of anilines is 3. The molecule has 100 valence electrons. The quantitative estimate of drug-likeness (QED) is 0.681. The maximum absolute atomic E-state index is 11.5. The third kappa shape index (κ3) is 2.18. The van der Waals surface area contributed by atoms with Crippen LogP contribution in [0.25, 0.3) is 6.08 Å².